The van der Waals surface area contributed by atoms with Crippen LogP contribution in [0.4, 0.5) is 5.69 Å². The summed E-state index contributed by atoms with van der Waals surface area (Å²) in [5, 5.41) is 5.31. The topological polar surface area (TPSA) is 87.7 Å². The highest BCUT2D eigenvalue weighted by Gasteiger charge is 2.17. The molecule has 7 nitrogen and oxygen atoms in total. The standard InChI is InChI=1S/C23H37N3O4/c1-4-5-6-7-8-9-10-23(29)26(15-16-30-3)18-22(28)24-17-21(27)25-20-13-11-19(2)12-14-20/h11-14H,4-10,15-18H2,1-3H3,(H,24,28)(H,25,27). The van der Waals surface area contributed by atoms with Crippen LogP contribution in [0.25, 0.3) is 0 Å². The quantitative estimate of drug-likeness (QED) is 0.427. The van der Waals surface area contributed by atoms with Crippen molar-refractivity contribution < 1.29 is 19.1 Å². The van der Waals surface area contributed by atoms with Crippen molar-refractivity contribution in [1.29, 1.82) is 0 Å². The molecule has 0 spiro atoms. The lowest BCUT2D eigenvalue weighted by atomic mass is 10.1. The Balaban J connectivity index is 2.38. The van der Waals surface area contributed by atoms with Gasteiger partial charge in [-0.25, -0.2) is 0 Å². The Hall–Kier alpha value is -2.41. The molecule has 0 aliphatic heterocycles. The molecule has 0 aliphatic rings. The van der Waals surface area contributed by atoms with Crippen molar-refractivity contribution in [2.45, 2.75) is 58.8 Å². The maximum absolute atomic E-state index is 12.5. The predicted molar refractivity (Wildman–Crippen MR) is 119 cm³/mol. The van der Waals surface area contributed by atoms with Crippen molar-refractivity contribution in [1.82, 2.24) is 10.2 Å². The van der Waals surface area contributed by atoms with Gasteiger partial charge in [-0.1, -0.05) is 56.7 Å². The fraction of sp³-hybridized carbons (Fsp3) is 0.609. The fourth-order valence-electron chi connectivity index (χ4n) is 2.96. The van der Waals surface area contributed by atoms with Crippen LogP contribution in [0.5, 0.6) is 0 Å². The minimum Gasteiger partial charge on any atom is -0.383 e. The molecular weight excluding hydrogens is 382 g/mol. The van der Waals surface area contributed by atoms with Crippen molar-refractivity contribution >= 4 is 23.4 Å². The zero-order valence-electron chi connectivity index (χ0n) is 18.7. The molecular formula is C23H37N3O4. The van der Waals surface area contributed by atoms with E-state index < -0.39 is 0 Å². The van der Waals surface area contributed by atoms with E-state index in [4.69, 9.17) is 4.74 Å². The van der Waals surface area contributed by atoms with Gasteiger partial charge in [0.05, 0.1) is 19.7 Å². The van der Waals surface area contributed by atoms with Crippen LogP contribution in [0.1, 0.15) is 57.4 Å². The molecule has 0 aliphatic carbocycles. The first-order chi connectivity index (χ1) is 14.5. The van der Waals surface area contributed by atoms with Gasteiger partial charge in [-0.3, -0.25) is 14.4 Å². The Labute approximate surface area is 180 Å². The Morgan fingerprint density at radius 3 is 2.30 bits per heavy atom. The van der Waals surface area contributed by atoms with E-state index in [9.17, 15) is 14.4 Å². The molecule has 0 bridgehead atoms. The summed E-state index contributed by atoms with van der Waals surface area (Å²) in [7, 11) is 1.56. The average Bonchev–Trinajstić information content (AvgIpc) is 2.73. The van der Waals surface area contributed by atoms with Gasteiger partial charge < -0.3 is 20.3 Å². The molecule has 0 saturated heterocycles. The van der Waals surface area contributed by atoms with Gasteiger partial charge in [0.15, 0.2) is 0 Å². The van der Waals surface area contributed by atoms with Gasteiger partial charge in [0.1, 0.15) is 0 Å². The van der Waals surface area contributed by atoms with Crippen molar-refractivity contribution in [2.24, 2.45) is 0 Å². The maximum atomic E-state index is 12.5. The Kier molecular flexibility index (Phi) is 13.2. The summed E-state index contributed by atoms with van der Waals surface area (Å²) >= 11 is 0. The largest absolute Gasteiger partial charge is 0.383 e. The SMILES string of the molecule is CCCCCCCCC(=O)N(CCOC)CC(=O)NCC(=O)Nc1ccc(C)cc1. The van der Waals surface area contributed by atoms with E-state index in [1.54, 1.807) is 7.11 Å². The van der Waals surface area contributed by atoms with Gasteiger partial charge in [0, 0.05) is 25.8 Å². The molecule has 1 rings (SSSR count). The number of hydrogen-bond acceptors (Lipinski definition) is 4. The normalized spacial score (nSPS) is 10.5. The average molecular weight is 420 g/mol. The van der Waals surface area contributed by atoms with Crippen molar-refractivity contribution in [3.63, 3.8) is 0 Å². The van der Waals surface area contributed by atoms with Gasteiger partial charge in [-0.05, 0) is 25.5 Å². The number of nitrogens with zero attached hydrogens (tertiary/aromatic N) is 1. The first kappa shape index (κ1) is 25.6. The molecule has 0 fully saturated rings. The van der Waals surface area contributed by atoms with Gasteiger partial charge in [-0.2, -0.15) is 0 Å². The molecule has 1 aromatic rings. The Morgan fingerprint density at radius 1 is 0.967 bits per heavy atom. The van der Waals surface area contributed by atoms with Gasteiger partial charge in [0.2, 0.25) is 17.7 Å². The van der Waals surface area contributed by atoms with E-state index >= 15 is 0 Å². The van der Waals surface area contributed by atoms with E-state index in [1.165, 1.54) is 24.2 Å². The number of methoxy groups -OCH3 is 1. The summed E-state index contributed by atoms with van der Waals surface area (Å²) in [6.07, 6.45) is 7.03. The van der Waals surface area contributed by atoms with E-state index in [0.29, 0.717) is 25.3 Å². The molecule has 30 heavy (non-hydrogen) atoms. The maximum Gasteiger partial charge on any atom is 0.243 e. The molecule has 2 N–H and O–H groups in total. The van der Waals surface area contributed by atoms with Crippen LogP contribution in [0, 0.1) is 6.92 Å². The van der Waals surface area contributed by atoms with Crippen LogP contribution >= 0.6 is 0 Å². The lowest BCUT2D eigenvalue weighted by Gasteiger charge is -2.22. The van der Waals surface area contributed by atoms with Crippen molar-refractivity contribution in [3.8, 4) is 0 Å². The Morgan fingerprint density at radius 2 is 1.63 bits per heavy atom. The Bertz CT molecular complexity index is 646. The minimum atomic E-state index is -0.360. The number of carbonyl (C=O) groups excluding carboxylic acids is 3. The fourth-order valence-corrected chi connectivity index (χ4v) is 2.96. The van der Waals surface area contributed by atoms with Crippen LogP contribution in [0.2, 0.25) is 0 Å². The molecule has 0 unspecified atom stereocenters. The number of anilines is 1. The summed E-state index contributed by atoms with van der Waals surface area (Å²) in [6, 6.07) is 7.42. The van der Waals surface area contributed by atoms with E-state index in [2.05, 4.69) is 17.6 Å². The lowest BCUT2D eigenvalue weighted by Crippen LogP contribution is -2.44. The van der Waals surface area contributed by atoms with Crippen LogP contribution in [0.3, 0.4) is 0 Å². The number of carbonyl (C=O) groups is 3. The highest BCUT2D eigenvalue weighted by Crippen LogP contribution is 2.09. The molecule has 1 aromatic carbocycles. The third-order valence-electron chi connectivity index (χ3n) is 4.78. The second-order valence-corrected chi connectivity index (χ2v) is 7.52. The van der Waals surface area contributed by atoms with Crippen LogP contribution < -0.4 is 10.6 Å². The first-order valence-corrected chi connectivity index (χ1v) is 10.9. The zero-order chi connectivity index (χ0) is 22.2. The van der Waals surface area contributed by atoms with E-state index in [1.807, 2.05) is 31.2 Å². The predicted octanol–water partition coefficient (Wildman–Crippen LogP) is 3.28. The number of rotatable bonds is 15. The van der Waals surface area contributed by atoms with Gasteiger partial charge >= 0.3 is 0 Å². The monoisotopic (exact) mass is 419 g/mol. The van der Waals surface area contributed by atoms with Crippen LogP contribution in [-0.4, -0.2) is 56.0 Å². The first-order valence-electron chi connectivity index (χ1n) is 10.9. The number of benzene rings is 1. The second-order valence-electron chi connectivity index (χ2n) is 7.52. The van der Waals surface area contributed by atoms with Gasteiger partial charge in [0.25, 0.3) is 0 Å². The highest BCUT2D eigenvalue weighted by atomic mass is 16.5. The molecule has 7 heteroatoms. The molecule has 0 heterocycles. The molecule has 0 aromatic heterocycles. The number of ether oxygens (including phenoxy) is 1. The second kappa shape index (κ2) is 15.4. The molecule has 0 atom stereocenters. The molecule has 3 amide bonds. The number of unbranched alkanes of at least 4 members (excludes halogenated alkanes) is 5. The number of amides is 3. The van der Waals surface area contributed by atoms with Crippen LogP contribution in [0.15, 0.2) is 24.3 Å². The number of nitrogens with one attached hydrogen (secondary N) is 2. The zero-order valence-corrected chi connectivity index (χ0v) is 18.7. The molecule has 168 valence electrons. The third-order valence-corrected chi connectivity index (χ3v) is 4.78. The lowest BCUT2D eigenvalue weighted by molar-refractivity contribution is -0.136. The van der Waals surface area contributed by atoms with Crippen LogP contribution in [-0.2, 0) is 19.1 Å². The minimum absolute atomic E-state index is 0.0539. The summed E-state index contributed by atoms with van der Waals surface area (Å²) in [5.41, 5.74) is 1.78. The van der Waals surface area contributed by atoms with Crippen molar-refractivity contribution in [2.75, 3.05) is 38.7 Å². The summed E-state index contributed by atoms with van der Waals surface area (Å²) in [4.78, 5) is 38.3. The molecule has 0 radical (unpaired) electrons. The highest BCUT2D eigenvalue weighted by molar-refractivity contribution is 5.95. The number of hydrogen-bond donors (Lipinski definition) is 2. The smallest absolute Gasteiger partial charge is 0.243 e. The summed E-state index contributed by atoms with van der Waals surface area (Å²) in [6.45, 7) is 4.65. The third kappa shape index (κ3) is 11.6. The van der Waals surface area contributed by atoms with Gasteiger partial charge in [-0.15, -0.1) is 0 Å². The van der Waals surface area contributed by atoms with E-state index in [0.717, 1.165) is 24.8 Å². The summed E-state index contributed by atoms with van der Waals surface area (Å²) in [5.74, 6) is -0.725. The summed E-state index contributed by atoms with van der Waals surface area (Å²) < 4.78 is 5.06. The molecule has 0 saturated carbocycles. The number of aryl methyl sites for hydroxylation is 1. The van der Waals surface area contributed by atoms with Crippen molar-refractivity contribution in [3.05, 3.63) is 29.8 Å². The van der Waals surface area contributed by atoms with E-state index in [-0.39, 0.29) is 30.8 Å².